The van der Waals surface area contributed by atoms with Crippen molar-refractivity contribution in [2.24, 2.45) is 0 Å². The first kappa shape index (κ1) is 37.9. The maximum Gasteiger partial charge on any atom is 0.416 e. The first-order valence-electron chi connectivity index (χ1n) is 16.5. The molecule has 14 heteroatoms. The normalized spacial score (nSPS) is 15.4. The van der Waals surface area contributed by atoms with Crippen LogP contribution in [0.3, 0.4) is 0 Å². The molecular weight excluding hydrogens is 691 g/mol. The monoisotopic (exact) mass is 730 g/mol. The van der Waals surface area contributed by atoms with Crippen LogP contribution in [0.15, 0.2) is 95.9 Å². The van der Waals surface area contributed by atoms with Gasteiger partial charge in [-0.05, 0) is 84.1 Å². The number of amides is 1. The van der Waals surface area contributed by atoms with Gasteiger partial charge in [0.05, 0.1) is 22.6 Å². The van der Waals surface area contributed by atoms with Gasteiger partial charge in [0.25, 0.3) is 5.91 Å². The Morgan fingerprint density at radius 1 is 0.843 bits per heavy atom. The van der Waals surface area contributed by atoms with Gasteiger partial charge >= 0.3 is 6.18 Å². The van der Waals surface area contributed by atoms with Crippen LogP contribution in [0.4, 0.5) is 27.6 Å². The van der Waals surface area contributed by atoms with E-state index in [-0.39, 0.29) is 55.2 Å². The molecule has 0 aromatic heterocycles. The van der Waals surface area contributed by atoms with Crippen molar-refractivity contribution in [3.05, 3.63) is 130 Å². The van der Waals surface area contributed by atoms with E-state index >= 15 is 0 Å². The second-order valence-electron chi connectivity index (χ2n) is 12.4. The molecule has 4 aromatic rings. The zero-order valence-corrected chi connectivity index (χ0v) is 28.7. The first-order valence-corrected chi connectivity index (χ1v) is 17.9. The van der Waals surface area contributed by atoms with E-state index in [1.54, 1.807) is 11.0 Å². The Kier molecular flexibility index (Phi) is 12.1. The van der Waals surface area contributed by atoms with Gasteiger partial charge < -0.3 is 20.6 Å². The molecule has 4 aromatic carbocycles. The number of piperazine rings is 1. The Balaban J connectivity index is 1.23. The molecule has 2 atom stereocenters. The Labute approximate surface area is 294 Å². The highest BCUT2D eigenvalue weighted by Gasteiger charge is 2.33. The molecule has 1 fully saturated rings. The zero-order chi connectivity index (χ0) is 36.8. The van der Waals surface area contributed by atoms with Crippen LogP contribution >= 0.6 is 0 Å². The standard InChI is InChI=1S/C37H39F5N4O4S/c1-2-25-5-3-6-26(17-25)23-43-24-35(47)34(20-27-18-30(38)22-31(39)19-27)44-36(48)28-9-11-33(12-10-28)51(49,50)46-15-13-45(14-16-46)32-8-4-7-29(21-32)37(40,41)42/h3-12,17-19,21-22,34-35,43,47H,2,13-16,20,23-24H2,1H3,(H,44,48)/t34-,35-/m0/s1. The Morgan fingerprint density at radius 2 is 1.49 bits per heavy atom. The molecule has 0 spiro atoms. The lowest BCUT2D eigenvalue weighted by atomic mass is 10.00. The van der Waals surface area contributed by atoms with Crippen LogP contribution in [0.2, 0.25) is 0 Å². The predicted molar refractivity (Wildman–Crippen MR) is 184 cm³/mol. The van der Waals surface area contributed by atoms with E-state index in [9.17, 15) is 40.3 Å². The summed E-state index contributed by atoms with van der Waals surface area (Å²) < 4.78 is 95.6. The highest BCUT2D eigenvalue weighted by atomic mass is 32.2. The second-order valence-corrected chi connectivity index (χ2v) is 14.3. The summed E-state index contributed by atoms with van der Waals surface area (Å²) in [5, 5.41) is 17.0. The van der Waals surface area contributed by atoms with Crippen molar-refractivity contribution >= 4 is 21.6 Å². The van der Waals surface area contributed by atoms with Crippen molar-refractivity contribution < 1.29 is 40.3 Å². The number of carbonyl (C=O) groups is 1. The summed E-state index contributed by atoms with van der Waals surface area (Å²) in [6, 6.07) is 20.0. The van der Waals surface area contributed by atoms with Crippen molar-refractivity contribution in [1.82, 2.24) is 14.9 Å². The SMILES string of the molecule is CCc1cccc(CNC[C@H](O)[C@H](Cc2cc(F)cc(F)c2)NC(=O)c2ccc(S(=O)(=O)N3CCN(c4cccc(C(F)(F)F)c4)CC3)cc2)c1. The summed E-state index contributed by atoms with van der Waals surface area (Å²) in [6.07, 6.45) is -4.88. The molecule has 0 unspecified atom stereocenters. The molecule has 272 valence electrons. The minimum atomic E-state index is -4.50. The molecular formula is C37H39F5N4O4S. The molecule has 0 bridgehead atoms. The van der Waals surface area contributed by atoms with Gasteiger partial charge in [-0.25, -0.2) is 17.2 Å². The summed E-state index contributed by atoms with van der Waals surface area (Å²) in [7, 11) is -3.99. The van der Waals surface area contributed by atoms with E-state index in [1.807, 2.05) is 31.2 Å². The van der Waals surface area contributed by atoms with E-state index in [1.165, 1.54) is 34.6 Å². The van der Waals surface area contributed by atoms with Crippen LogP contribution in [-0.4, -0.2) is 68.6 Å². The number of halogens is 5. The molecule has 1 heterocycles. The lowest BCUT2D eigenvalue weighted by Crippen LogP contribution is -2.49. The molecule has 0 aliphatic carbocycles. The smallest absolute Gasteiger partial charge is 0.390 e. The van der Waals surface area contributed by atoms with Gasteiger partial charge in [-0.15, -0.1) is 0 Å². The zero-order valence-electron chi connectivity index (χ0n) is 27.8. The summed E-state index contributed by atoms with van der Waals surface area (Å²) in [5.41, 5.74) is 2.04. The lowest BCUT2D eigenvalue weighted by molar-refractivity contribution is -0.137. The summed E-state index contributed by atoms with van der Waals surface area (Å²) in [6.45, 7) is 2.98. The van der Waals surface area contributed by atoms with Crippen LogP contribution in [0, 0.1) is 11.6 Å². The highest BCUT2D eigenvalue weighted by molar-refractivity contribution is 7.89. The van der Waals surface area contributed by atoms with Crippen LogP contribution in [0.5, 0.6) is 0 Å². The third kappa shape index (κ3) is 9.91. The highest BCUT2D eigenvalue weighted by Crippen LogP contribution is 2.32. The maximum atomic E-state index is 14.0. The third-order valence-corrected chi connectivity index (χ3v) is 10.7. The number of aliphatic hydroxyl groups excluding tert-OH is 1. The molecule has 1 aliphatic rings. The number of aliphatic hydroxyl groups is 1. The first-order chi connectivity index (χ1) is 24.2. The van der Waals surface area contributed by atoms with E-state index in [0.29, 0.717) is 12.2 Å². The molecule has 5 rings (SSSR count). The minimum absolute atomic E-state index is 0.0408. The summed E-state index contributed by atoms with van der Waals surface area (Å²) in [5.74, 6) is -2.23. The number of sulfonamides is 1. The number of alkyl halides is 3. The Hall–Kier alpha value is -4.37. The fourth-order valence-corrected chi connectivity index (χ4v) is 7.40. The second kappa shape index (κ2) is 16.3. The van der Waals surface area contributed by atoms with E-state index in [2.05, 4.69) is 10.6 Å². The average molecular weight is 731 g/mol. The van der Waals surface area contributed by atoms with Crippen LogP contribution < -0.4 is 15.5 Å². The predicted octanol–water partition coefficient (Wildman–Crippen LogP) is 5.55. The number of rotatable bonds is 13. The van der Waals surface area contributed by atoms with Crippen molar-refractivity contribution in [3.63, 3.8) is 0 Å². The number of benzene rings is 4. The topological polar surface area (TPSA) is 102 Å². The number of aryl methyl sites for hydroxylation is 1. The van der Waals surface area contributed by atoms with Gasteiger partial charge in [-0.1, -0.05) is 37.3 Å². The van der Waals surface area contributed by atoms with Crippen LogP contribution in [0.1, 0.15) is 39.5 Å². The molecule has 1 amide bonds. The largest absolute Gasteiger partial charge is 0.416 e. The lowest BCUT2D eigenvalue weighted by Gasteiger charge is -2.35. The fourth-order valence-electron chi connectivity index (χ4n) is 5.98. The minimum Gasteiger partial charge on any atom is -0.390 e. The summed E-state index contributed by atoms with van der Waals surface area (Å²) in [4.78, 5) is 15.0. The maximum absolute atomic E-state index is 14.0. The van der Waals surface area contributed by atoms with Gasteiger partial charge in [0.1, 0.15) is 11.6 Å². The number of nitrogens with one attached hydrogen (secondary N) is 2. The van der Waals surface area contributed by atoms with E-state index in [4.69, 9.17) is 0 Å². The van der Waals surface area contributed by atoms with Crippen molar-refractivity contribution in [3.8, 4) is 0 Å². The summed E-state index contributed by atoms with van der Waals surface area (Å²) >= 11 is 0. The van der Waals surface area contributed by atoms with Crippen molar-refractivity contribution in [2.45, 2.75) is 49.5 Å². The molecule has 8 nitrogen and oxygen atoms in total. The Morgan fingerprint density at radius 3 is 2.14 bits per heavy atom. The van der Waals surface area contributed by atoms with E-state index in [0.717, 1.165) is 47.9 Å². The molecule has 51 heavy (non-hydrogen) atoms. The van der Waals surface area contributed by atoms with Gasteiger partial charge in [0, 0.05) is 56.6 Å². The van der Waals surface area contributed by atoms with Crippen LogP contribution in [0.25, 0.3) is 0 Å². The number of carbonyl (C=O) groups excluding carboxylic acids is 1. The van der Waals surface area contributed by atoms with Gasteiger partial charge in [-0.3, -0.25) is 4.79 Å². The number of nitrogens with zero attached hydrogens (tertiary/aromatic N) is 2. The number of hydrogen-bond acceptors (Lipinski definition) is 6. The fraction of sp³-hybridized carbons (Fsp3) is 0.324. The average Bonchev–Trinajstić information content (AvgIpc) is 3.10. The number of anilines is 1. The van der Waals surface area contributed by atoms with Crippen LogP contribution in [-0.2, 0) is 35.6 Å². The van der Waals surface area contributed by atoms with Gasteiger partial charge in [0.15, 0.2) is 0 Å². The molecule has 3 N–H and O–H groups in total. The van der Waals surface area contributed by atoms with Gasteiger partial charge in [0.2, 0.25) is 10.0 Å². The van der Waals surface area contributed by atoms with Gasteiger partial charge in [-0.2, -0.15) is 17.5 Å². The Bertz CT molecular complexity index is 1900. The molecule has 1 aliphatic heterocycles. The quantitative estimate of drug-likeness (QED) is 0.156. The third-order valence-electron chi connectivity index (χ3n) is 8.77. The van der Waals surface area contributed by atoms with E-state index < -0.39 is 51.5 Å². The number of hydrogen-bond donors (Lipinski definition) is 3. The van der Waals surface area contributed by atoms with Crippen molar-refractivity contribution in [2.75, 3.05) is 37.6 Å². The molecule has 0 saturated carbocycles. The molecule has 1 saturated heterocycles. The molecule has 0 radical (unpaired) electrons. The van der Waals surface area contributed by atoms with Crippen molar-refractivity contribution in [1.29, 1.82) is 0 Å².